The molecular weight excluding hydrogens is 320 g/mol. The number of rotatable bonds is 4. The van der Waals surface area contributed by atoms with Crippen LogP contribution in [0.15, 0.2) is 35.0 Å². The lowest BCUT2D eigenvalue weighted by Crippen LogP contribution is -2.56. The molecule has 25 heavy (non-hydrogen) atoms. The Morgan fingerprint density at radius 2 is 1.92 bits per heavy atom. The zero-order chi connectivity index (χ0) is 17.2. The molecule has 0 unspecified atom stereocenters. The highest BCUT2D eigenvalue weighted by Gasteiger charge is 2.37. The Morgan fingerprint density at radius 3 is 2.68 bits per heavy atom. The monoisotopic (exact) mass is 340 g/mol. The van der Waals surface area contributed by atoms with E-state index in [1.807, 2.05) is 18.2 Å². The number of amides is 2. The van der Waals surface area contributed by atoms with E-state index in [1.165, 1.54) is 4.90 Å². The molecule has 1 saturated heterocycles. The second-order valence-electron chi connectivity index (χ2n) is 6.56. The molecule has 0 radical (unpaired) electrons. The zero-order valence-electron chi connectivity index (χ0n) is 13.9. The molecule has 0 spiro atoms. The van der Waals surface area contributed by atoms with Crippen molar-refractivity contribution in [1.82, 2.24) is 19.9 Å². The van der Waals surface area contributed by atoms with Gasteiger partial charge >= 0.3 is 11.8 Å². The third-order valence-electron chi connectivity index (χ3n) is 4.94. The maximum atomic E-state index is 12.4. The lowest BCUT2D eigenvalue weighted by atomic mass is 10.1. The van der Waals surface area contributed by atoms with E-state index in [-0.39, 0.29) is 18.5 Å². The van der Waals surface area contributed by atoms with Gasteiger partial charge in [-0.3, -0.25) is 14.6 Å². The van der Waals surface area contributed by atoms with Crippen molar-refractivity contribution in [3.63, 3.8) is 0 Å². The Morgan fingerprint density at radius 1 is 1.08 bits per heavy atom. The van der Waals surface area contributed by atoms with E-state index in [1.54, 1.807) is 17.2 Å². The highest BCUT2D eigenvalue weighted by molar-refractivity contribution is 6.35. The van der Waals surface area contributed by atoms with Gasteiger partial charge in [-0.25, -0.2) is 0 Å². The van der Waals surface area contributed by atoms with Crippen LogP contribution in [0.5, 0.6) is 0 Å². The Labute approximate surface area is 145 Å². The van der Waals surface area contributed by atoms with Gasteiger partial charge in [0, 0.05) is 31.4 Å². The minimum absolute atomic E-state index is 0.236. The smallest absolute Gasteiger partial charge is 0.312 e. The largest absolute Gasteiger partial charge is 0.359 e. The predicted octanol–water partition coefficient (Wildman–Crippen LogP) is 1.85. The minimum Gasteiger partial charge on any atom is -0.359 e. The summed E-state index contributed by atoms with van der Waals surface area (Å²) < 4.78 is 5.32. The lowest BCUT2D eigenvalue weighted by molar-refractivity contribution is -0.158. The van der Waals surface area contributed by atoms with Gasteiger partial charge in [-0.05, 0) is 25.0 Å². The molecular formula is C18H20N4O3. The van der Waals surface area contributed by atoms with Gasteiger partial charge in [0.1, 0.15) is 5.69 Å². The topological polar surface area (TPSA) is 79.5 Å². The summed E-state index contributed by atoms with van der Waals surface area (Å²) >= 11 is 0. The quantitative estimate of drug-likeness (QED) is 0.794. The Bertz CT molecular complexity index is 768. The lowest BCUT2D eigenvalue weighted by Gasteiger charge is -2.36. The molecule has 130 valence electrons. The van der Waals surface area contributed by atoms with Crippen LogP contribution in [0.2, 0.25) is 0 Å². The van der Waals surface area contributed by atoms with Gasteiger partial charge in [0.2, 0.25) is 0 Å². The van der Waals surface area contributed by atoms with Crippen molar-refractivity contribution in [2.75, 3.05) is 13.1 Å². The van der Waals surface area contributed by atoms with E-state index in [2.05, 4.69) is 10.1 Å². The van der Waals surface area contributed by atoms with Crippen molar-refractivity contribution in [1.29, 1.82) is 0 Å². The van der Waals surface area contributed by atoms with Crippen molar-refractivity contribution in [2.45, 2.75) is 38.3 Å². The van der Waals surface area contributed by atoms with E-state index >= 15 is 0 Å². The summed E-state index contributed by atoms with van der Waals surface area (Å²) in [4.78, 5) is 32.4. The normalized spacial score (nSPS) is 19.0. The third-order valence-corrected chi connectivity index (χ3v) is 4.94. The molecule has 1 saturated carbocycles. The van der Waals surface area contributed by atoms with Gasteiger partial charge in [0.25, 0.3) is 0 Å². The molecule has 0 aromatic carbocycles. The predicted molar refractivity (Wildman–Crippen MR) is 89.1 cm³/mol. The van der Waals surface area contributed by atoms with Crippen molar-refractivity contribution < 1.29 is 14.1 Å². The van der Waals surface area contributed by atoms with Crippen LogP contribution in [0, 0.1) is 0 Å². The maximum absolute atomic E-state index is 12.4. The van der Waals surface area contributed by atoms with E-state index < -0.39 is 5.91 Å². The summed E-state index contributed by atoms with van der Waals surface area (Å²) in [5, 5.41) is 4.00. The van der Waals surface area contributed by atoms with Crippen LogP contribution < -0.4 is 0 Å². The molecule has 2 aliphatic rings. The maximum Gasteiger partial charge on any atom is 0.312 e. The summed E-state index contributed by atoms with van der Waals surface area (Å²) in [5.41, 5.74) is 1.34. The fraction of sp³-hybridized carbons (Fsp3) is 0.444. The average Bonchev–Trinajstić information content (AvgIpc) is 3.32. The van der Waals surface area contributed by atoms with E-state index in [0.717, 1.165) is 25.7 Å². The second kappa shape index (κ2) is 6.66. The number of hydrogen-bond acceptors (Lipinski definition) is 5. The summed E-state index contributed by atoms with van der Waals surface area (Å²) in [6.07, 6.45) is 5.98. The molecule has 7 heteroatoms. The molecule has 1 aliphatic heterocycles. The SMILES string of the molecule is O=C1C(=O)N(C2CCCC2)CCN1Cc1cc(-c2ccccn2)no1. The van der Waals surface area contributed by atoms with Crippen LogP contribution >= 0.6 is 0 Å². The first-order valence-corrected chi connectivity index (χ1v) is 8.69. The van der Waals surface area contributed by atoms with Crippen molar-refractivity contribution in [3.8, 4) is 11.4 Å². The highest BCUT2D eigenvalue weighted by atomic mass is 16.5. The van der Waals surface area contributed by atoms with Gasteiger partial charge in [-0.15, -0.1) is 0 Å². The van der Waals surface area contributed by atoms with Crippen LogP contribution in [-0.4, -0.2) is 50.9 Å². The standard InChI is InChI=1S/C18H20N4O3/c23-17-18(24)22(13-5-1-2-6-13)10-9-21(17)12-14-11-16(20-25-14)15-7-3-4-8-19-15/h3-4,7-8,11,13H,1-2,5-6,9-10,12H2. The molecule has 7 nitrogen and oxygen atoms in total. The minimum atomic E-state index is -0.450. The Balaban J connectivity index is 1.43. The van der Waals surface area contributed by atoms with Crippen LogP contribution in [-0.2, 0) is 16.1 Å². The number of pyridine rings is 1. The van der Waals surface area contributed by atoms with Crippen LogP contribution in [0.3, 0.4) is 0 Å². The summed E-state index contributed by atoms with van der Waals surface area (Å²) in [7, 11) is 0. The zero-order valence-corrected chi connectivity index (χ0v) is 13.9. The van der Waals surface area contributed by atoms with E-state index in [0.29, 0.717) is 30.2 Å². The fourth-order valence-electron chi connectivity index (χ4n) is 3.62. The number of piperazine rings is 1. The van der Waals surface area contributed by atoms with Gasteiger partial charge in [0.15, 0.2) is 5.76 Å². The first-order valence-electron chi connectivity index (χ1n) is 8.69. The van der Waals surface area contributed by atoms with Gasteiger partial charge in [-0.1, -0.05) is 24.1 Å². The number of carbonyl (C=O) groups is 2. The first-order chi connectivity index (χ1) is 12.2. The second-order valence-corrected chi connectivity index (χ2v) is 6.56. The van der Waals surface area contributed by atoms with Crippen LogP contribution in [0.4, 0.5) is 0 Å². The van der Waals surface area contributed by atoms with Crippen LogP contribution in [0.25, 0.3) is 11.4 Å². The number of hydrogen-bond donors (Lipinski definition) is 0. The molecule has 1 aliphatic carbocycles. The van der Waals surface area contributed by atoms with Crippen molar-refractivity contribution >= 4 is 11.8 Å². The van der Waals surface area contributed by atoms with Crippen LogP contribution in [0.1, 0.15) is 31.4 Å². The molecule has 0 N–H and O–H groups in total. The average molecular weight is 340 g/mol. The summed E-state index contributed by atoms with van der Waals surface area (Å²) in [6, 6.07) is 7.56. The Kier molecular flexibility index (Phi) is 4.21. The number of carbonyl (C=O) groups excluding carboxylic acids is 2. The molecule has 2 aromatic rings. The van der Waals surface area contributed by atoms with Gasteiger partial charge in [-0.2, -0.15) is 0 Å². The van der Waals surface area contributed by atoms with Crippen molar-refractivity contribution in [3.05, 3.63) is 36.2 Å². The summed E-state index contributed by atoms with van der Waals surface area (Å²) in [6.45, 7) is 1.38. The molecule has 4 rings (SSSR count). The first kappa shape index (κ1) is 15.8. The molecule has 0 bridgehead atoms. The van der Waals surface area contributed by atoms with E-state index in [4.69, 9.17) is 4.52 Å². The number of nitrogens with zero attached hydrogens (tertiary/aromatic N) is 4. The molecule has 2 amide bonds. The highest BCUT2D eigenvalue weighted by Crippen LogP contribution is 2.26. The number of aromatic nitrogens is 2. The molecule has 2 aromatic heterocycles. The third kappa shape index (κ3) is 3.14. The molecule has 0 atom stereocenters. The Hall–Kier alpha value is -2.70. The molecule has 2 fully saturated rings. The van der Waals surface area contributed by atoms with Crippen molar-refractivity contribution in [2.24, 2.45) is 0 Å². The van der Waals surface area contributed by atoms with E-state index in [9.17, 15) is 9.59 Å². The fourth-order valence-corrected chi connectivity index (χ4v) is 3.62. The van der Waals surface area contributed by atoms with Gasteiger partial charge < -0.3 is 14.3 Å². The molecule has 3 heterocycles. The van der Waals surface area contributed by atoms with Gasteiger partial charge in [0.05, 0.1) is 12.2 Å². The summed E-state index contributed by atoms with van der Waals surface area (Å²) in [5.74, 6) is -0.285.